The molecular weight excluding hydrogens is 385 g/mol. The number of amides is 1. The van der Waals surface area contributed by atoms with Crippen LogP contribution >= 0.6 is 0 Å². The number of hydrogen-bond donors (Lipinski definition) is 1. The lowest BCUT2D eigenvalue weighted by molar-refractivity contribution is 0.0724. The molecule has 2 aromatic heterocycles. The van der Waals surface area contributed by atoms with Crippen molar-refractivity contribution < 1.29 is 9.18 Å². The van der Waals surface area contributed by atoms with Crippen LogP contribution < -0.4 is 5.56 Å². The Bertz CT molecular complexity index is 1200. The second-order valence-corrected chi connectivity index (χ2v) is 7.30. The Morgan fingerprint density at radius 1 is 1.17 bits per heavy atom. The predicted molar refractivity (Wildman–Crippen MR) is 109 cm³/mol. The first-order chi connectivity index (χ1) is 14.5. The highest BCUT2D eigenvalue weighted by Crippen LogP contribution is 2.25. The number of nitrogens with zero attached hydrogens (tertiary/aromatic N) is 4. The van der Waals surface area contributed by atoms with Crippen LogP contribution in [0.25, 0.3) is 16.9 Å². The minimum atomic E-state index is -0.638. The summed E-state index contributed by atoms with van der Waals surface area (Å²) in [7, 11) is 0. The maximum Gasteiger partial charge on any atom is 0.280 e. The van der Waals surface area contributed by atoms with Gasteiger partial charge in [-0.2, -0.15) is 5.26 Å². The first-order valence-electron chi connectivity index (χ1n) is 9.77. The maximum absolute atomic E-state index is 14.3. The molecule has 0 atom stereocenters. The third-order valence-electron chi connectivity index (χ3n) is 5.44. The van der Waals surface area contributed by atoms with E-state index in [1.165, 1.54) is 30.1 Å². The van der Waals surface area contributed by atoms with Crippen LogP contribution in [0.2, 0.25) is 0 Å². The summed E-state index contributed by atoms with van der Waals surface area (Å²) >= 11 is 0. The van der Waals surface area contributed by atoms with Gasteiger partial charge in [-0.3, -0.25) is 14.7 Å². The van der Waals surface area contributed by atoms with E-state index in [0.717, 1.165) is 32.4 Å². The number of pyridine rings is 1. The second-order valence-electron chi connectivity index (χ2n) is 7.30. The van der Waals surface area contributed by atoms with Crippen LogP contribution in [-0.4, -0.2) is 38.7 Å². The van der Waals surface area contributed by atoms with Gasteiger partial charge in [-0.05, 0) is 55.5 Å². The monoisotopic (exact) mass is 405 g/mol. The molecule has 3 heterocycles. The number of aromatic nitrogens is 3. The van der Waals surface area contributed by atoms with E-state index in [9.17, 15) is 14.0 Å². The van der Waals surface area contributed by atoms with Crippen molar-refractivity contribution in [2.75, 3.05) is 13.1 Å². The summed E-state index contributed by atoms with van der Waals surface area (Å²) in [6, 6.07) is 7.96. The van der Waals surface area contributed by atoms with Crippen LogP contribution in [0, 0.1) is 24.1 Å². The Morgan fingerprint density at radius 2 is 1.93 bits per heavy atom. The minimum Gasteiger partial charge on any atom is -0.339 e. The number of carbonyl (C=O) groups excluding carboxylic acids is 1. The van der Waals surface area contributed by atoms with Crippen LogP contribution in [0.3, 0.4) is 0 Å². The van der Waals surface area contributed by atoms with Gasteiger partial charge in [-0.25, -0.2) is 14.1 Å². The van der Waals surface area contributed by atoms with Crippen molar-refractivity contribution in [1.82, 2.24) is 19.7 Å². The number of nitrogens with one attached hydrogen (secondary N) is 1. The first kappa shape index (κ1) is 19.6. The largest absolute Gasteiger partial charge is 0.339 e. The van der Waals surface area contributed by atoms with Gasteiger partial charge in [0.05, 0.1) is 16.7 Å². The molecule has 1 aliphatic rings. The number of rotatable bonds is 3. The van der Waals surface area contributed by atoms with Crippen molar-refractivity contribution in [2.24, 2.45) is 0 Å². The highest BCUT2D eigenvalue weighted by Gasteiger charge is 2.20. The van der Waals surface area contributed by atoms with Crippen molar-refractivity contribution in [1.29, 1.82) is 5.26 Å². The predicted octanol–water partition coefficient (Wildman–Crippen LogP) is 3.17. The maximum atomic E-state index is 14.3. The molecule has 1 saturated heterocycles. The number of piperidine rings is 1. The number of nitriles is 1. The molecule has 3 aromatic rings. The molecule has 0 saturated carbocycles. The van der Waals surface area contributed by atoms with E-state index < -0.39 is 11.4 Å². The standard InChI is InChI=1S/C22H20FN5O2/c1-14-17(7-5-15(11-24)20(14)23)18-13-26-28(22(18)30)19-8-6-16(12-25-19)21(29)27-9-3-2-4-10-27/h5-8,12-13,26H,2-4,9-10H2,1H3. The summed E-state index contributed by atoms with van der Waals surface area (Å²) in [5.41, 5.74) is 0.917. The lowest BCUT2D eigenvalue weighted by Gasteiger charge is -2.26. The fourth-order valence-corrected chi connectivity index (χ4v) is 3.72. The fourth-order valence-electron chi connectivity index (χ4n) is 3.72. The number of halogens is 1. The number of likely N-dealkylation sites (tertiary alicyclic amines) is 1. The third-order valence-corrected chi connectivity index (χ3v) is 5.44. The van der Waals surface area contributed by atoms with Crippen molar-refractivity contribution in [2.45, 2.75) is 26.2 Å². The molecule has 0 radical (unpaired) electrons. The molecule has 1 N–H and O–H groups in total. The normalized spacial score (nSPS) is 13.8. The van der Waals surface area contributed by atoms with E-state index in [0.29, 0.717) is 16.9 Å². The molecule has 1 fully saturated rings. The van der Waals surface area contributed by atoms with Gasteiger partial charge in [0.2, 0.25) is 0 Å². The highest BCUT2D eigenvalue weighted by molar-refractivity contribution is 5.94. The molecule has 0 bridgehead atoms. The van der Waals surface area contributed by atoms with Gasteiger partial charge in [0.15, 0.2) is 5.82 Å². The van der Waals surface area contributed by atoms with Crippen molar-refractivity contribution in [3.63, 3.8) is 0 Å². The van der Waals surface area contributed by atoms with Crippen LogP contribution in [0.5, 0.6) is 0 Å². The average Bonchev–Trinajstić information content (AvgIpc) is 3.17. The summed E-state index contributed by atoms with van der Waals surface area (Å²) in [6.07, 6.45) is 6.10. The van der Waals surface area contributed by atoms with E-state index in [4.69, 9.17) is 5.26 Å². The number of hydrogen-bond acceptors (Lipinski definition) is 4. The van der Waals surface area contributed by atoms with Crippen molar-refractivity contribution in [3.8, 4) is 23.0 Å². The lowest BCUT2D eigenvalue weighted by atomic mass is 10.0. The zero-order valence-electron chi connectivity index (χ0n) is 16.5. The molecule has 0 aliphatic carbocycles. The molecule has 0 spiro atoms. The quantitative estimate of drug-likeness (QED) is 0.724. The first-order valence-corrected chi connectivity index (χ1v) is 9.77. The number of benzene rings is 1. The van der Waals surface area contributed by atoms with Gasteiger partial charge in [0, 0.05) is 25.5 Å². The zero-order chi connectivity index (χ0) is 21.3. The van der Waals surface area contributed by atoms with Crippen molar-refractivity contribution in [3.05, 3.63) is 69.5 Å². The molecular formula is C22H20FN5O2. The van der Waals surface area contributed by atoms with Gasteiger partial charge >= 0.3 is 0 Å². The number of H-pyrrole nitrogens is 1. The molecule has 7 nitrogen and oxygen atoms in total. The third kappa shape index (κ3) is 3.39. The van der Waals surface area contributed by atoms with Gasteiger partial charge in [-0.1, -0.05) is 6.07 Å². The molecule has 1 aromatic carbocycles. The van der Waals surface area contributed by atoms with Gasteiger partial charge in [0.1, 0.15) is 11.9 Å². The Balaban J connectivity index is 1.63. The molecule has 152 valence electrons. The van der Waals surface area contributed by atoms with E-state index in [-0.39, 0.29) is 22.6 Å². The summed E-state index contributed by atoms with van der Waals surface area (Å²) < 4.78 is 15.5. The molecule has 30 heavy (non-hydrogen) atoms. The van der Waals surface area contributed by atoms with Crippen molar-refractivity contribution >= 4 is 5.91 Å². The average molecular weight is 405 g/mol. The molecule has 1 aliphatic heterocycles. The Morgan fingerprint density at radius 3 is 2.60 bits per heavy atom. The molecule has 4 rings (SSSR count). The van der Waals surface area contributed by atoms with E-state index in [1.807, 2.05) is 4.90 Å². The Kier molecular flexibility index (Phi) is 5.19. The van der Waals surface area contributed by atoms with Crippen LogP contribution in [-0.2, 0) is 0 Å². The van der Waals surface area contributed by atoms with Gasteiger partial charge < -0.3 is 4.90 Å². The van der Waals surface area contributed by atoms with Crippen LogP contribution in [0.1, 0.15) is 40.7 Å². The van der Waals surface area contributed by atoms with Gasteiger partial charge in [0.25, 0.3) is 11.5 Å². The van der Waals surface area contributed by atoms with E-state index in [1.54, 1.807) is 24.3 Å². The zero-order valence-corrected chi connectivity index (χ0v) is 16.5. The summed E-state index contributed by atoms with van der Waals surface area (Å²) in [5.74, 6) is -0.369. The summed E-state index contributed by atoms with van der Waals surface area (Å²) in [4.78, 5) is 31.5. The summed E-state index contributed by atoms with van der Waals surface area (Å²) in [6.45, 7) is 3.03. The minimum absolute atomic E-state index is 0.0584. The van der Waals surface area contributed by atoms with E-state index in [2.05, 4.69) is 10.1 Å². The highest BCUT2D eigenvalue weighted by atomic mass is 19.1. The topological polar surface area (TPSA) is 94.8 Å². The Labute approximate surface area is 172 Å². The van der Waals surface area contributed by atoms with E-state index >= 15 is 0 Å². The molecule has 0 unspecified atom stereocenters. The van der Waals surface area contributed by atoms with Gasteiger partial charge in [-0.15, -0.1) is 0 Å². The fraction of sp³-hybridized carbons (Fsp3) is 0.273. The van der Waals surface area contributed by atoms with Crippen LogP contribution in [0.4, 0.5) is 4.39 Å². The summed E-state index contributed by atoms with van der Waals surface area (Å²) in [5, 5.41) is 11.8. The molecule has 8 heteroatoms. The van der Waals surface area contributed by atoms with Crippen LogP contribution in [0.15, 0.2) is 41.5 Å². The smallest absolute Gasteiger partial charge is 0.280 e. The SMILES string of the molecule is Cc1c(-c2c[nH]n(-c3ccc(C(=O)N4CCCCC4)cn3)c2=O)ccc(C#N)c1F. The Hall–Kier alpha value is -3.73. The molecule has 1 amide bonds. The number of carbonyl (C=O) groups is 1. The second kappa shape index (κ2) is 7.95. The lowest BCUT2D eigenvalue weighted by Crippen LogP contribution is -2.35. The number of aromatic amines is 1.